The van der Waals surface area contributed by atoms with Crippen molar-refractivity contribution in [2.75, 3.05) is 13.1 Å². The number of aromatic nitrogens is 2. The monoisotopic (exact) mass is 540 g/mol. The maximum Gasteiger partial charge on any atom is 0.417 e. The van der Waals surface area contributed by atoms with Crippen LogP contribution in [0.2, 0.25) is 5.02 Å². The van der Waals surface area contributed by atoms with E-state index < -0.39 is 32.9 Å². The molecule has 1 saturated heterocycles. The summed E-state index contributed by atoms with van der Waals surface area (Å²) in [6.45, 7) is 1.69. The number of benzene rings is 2. The lowest BCUT2D eigenvalue weighted by molar-refractivity contribution is -0.137. The number of carbonyl (C=O) groups is 1. The van der Waals surface area contributed by atoms with Gasteiger partial charge in [-0.05, 0) is 55.6 Å². The summed E-state index contributed by atoms with van der Waals surface area (Å²) in [6, 6.07) is 8.98. The summed E-state index contributed by atoms with van der Waals surface area (Å²) in [5.41, 5.74) is 1.48. The summed E-state index contributed by atoms with van der Waals surface area (Å²) in [5, 5.41) is 4.71. The third kappa shape index (κ3) is 4.96. The maximum atomic E-state index is 13.2. The van der Waals surface area contributed by atoms with Crippen LogP contribution in [0.5, 0.6) is 0 Å². The van der Waals surface area contributed by atoms with Gasteiger partial charge < -0.3 is 0 Å². The second kappa shape index (κ2) is 9.04. The summed E-state index contributed by atoms with van der Waals surface area (Å²) >= 11 is 5.74. The van der Waals surface area contributed by atoms with E-state index in [2.05, 4.69) is 14.7 Å². The van der Waals surface area contributed by atoms with Crippen molar-refractivity contribution in [3.63, 3.8) is 0 Å². The molecule has 0 spiro atoms. The molecule has 7 nitrogen and oxygen atoms in total. The van der Waals surface area contributed by atoms with Crippen LogP contribution in [-0.4, -0.2) is 47.3 Å². The number of fused-ring (bicyclic) bond motifs is 1. The molecular formula is C24H24ClF3N4O3S. The first-order valence-electron chi connectivity index (χ1n) is 11.5. The molecule has 1 aliphatic carbocycles. The molecule has 2 aromatic carbocycles. The smallest absolute Gasteiger partial charge is 0.298 e. The molecule has 1 amide bonds. The number of rotatable bonds is 6. The molecule has 1 unspecified atom stereocenters. The Bertz CT molecular complexity index is 1450. The number of nitrogens with one attached hydrogen (secondary N) is 1. The number of likely N-dealkylation sites (tertiary alicyclic amines) is 1. The SMILES string of the molecule is Cn1nc(C2CCN(Cc3ccc(Cl)c(C(F)(F)F)c3)C2)c2ccc(C(=O)NS(=O)(=O)C3CC3)cc21. The highest BCUT2D eigenvalue weighted by molar-refractivity contribution is 7.91. The van der Waals surface area contributed by atoms with Gasteiger partial charge in [-0.15, -0.1) is 0 Å². The fraction of sp³-hybridized carbons (Fsp3) is 0.417. The minimum absolute atomic E-state index is 0.0676. The molecule has 2 fully saturated rings. The van der Waals surface area contributed by atoms with Crippen molar-refractivity contribution in [1.82, 2.24) is 19.4 Å². The molecule has 3 aromatic rings. The van der Waals surface area contributed by atoms with Crippen LogP contribution in [0, 0.1) is 0 Å². The van der Waals surface area contributed by atoms with Crippen molar-refractivity contribution in [2.24, 2.45) is 7.05 Å². The molecule has 1 N–H and O–H groups in total. The molecular weight excluding hydrogens is 517 g/mol. The van der Waals surface area contributed by atoms with Crippen LogP contribution in [0.15, 0.2) is 36.4 Å². The van der Waals surface area contributed by atoms with Crippen molar-refractivity contribution in [2.45, 2.75) is 43.2 Å². The Morgan fingerprint density at radius 3 is 2.61 bits per heavy atom. The average Bonchev–Trinajstić information content (AvgIpc) is 3.50. The first-order valence-corrected chi connectivity index (χ1v) is 13.5. The van der Waals surface area contributed by atoms with E-state index in [4.69, 9.17) is 11.6 Å². The molecule has 1 saturated carbocycles. The number of aryl methyl sites for hydroxylation is 1. The van der Waals surface area contributed by atoms with Gasteiger partial charge in [0.05, 0.1) is 27.0 Å². The third-order valence-corrected chi connectivity index (χ3v) is 8.89. The second-order valence-electron chi connectivity index (χ2n) is 9.45. The van der Waals surface area contributed by atoms with E-state index in [1.165, 1.54) is 6.07 Å². The molecule has 192 valence electrons. The number of alkyl halides is 3. The summed E-state index contributed by atoms with van der Waals surface area (Å²) in [5.74, 6) is -0.599. The van der Waals surface area contributed by atoms with Gasteiger partial charge in [0.1, 0.15) is 0 Å². The van der Waals surface area contributed by atoms with E-state index in [0.29, 0.717) is 43.6 Å². The summed E-state index contributed by atoms with van der Waals surface area (Å²) < 4.78 is 67.7. The number of sulfonamides is 1. The molecule has 5 rings (SSSR count). The van der Waals surface area contributed by atoms with Gasteiger partial charge in [-0.2, -0.15) is 18.3 Å². The van der Waals surface area contributed by atoms with E-state index in [0.717, 1.165) is 23.6 Å². The Hall–Kier alpha value is -2.63. The minimum Gasteiger partial charge on any atom is -0.298 e. The molecule has 0 bridgehead atoms. The zero-order chi connectivity index (χ0) is 25.8. The molecule has 1 atom stereocenters. The van der Waals surface area contributed by atoms with Gasteiger partial charge in [-0.1, -0.05) is 23.7 Å². The summed E-state index contributed by atoms with van der Waals surface area (Å²) in [6.07, 6.45) is -2.60. The van der Waals surface area contributed by atoms with E-state index >= 15 is 0 Å². The molecule has 2 heterocycles. The molecule has 1 aromatic heterocycles. The Morgan fingerprint density at radius 1 is 1.17 bits per heavy atom. The first-order chi connectivity index (χ1) is 16.9. The third-order valence-electron chi connectivity index (χ3n) is 6.74. The van der Waals surface area contributed by atoms with Gasteiger partial charge in [0.2, 0.25) is 10.0 Å². The van der Waals surface area contributed by atoms with Crippen molar-refractivity contribution in [1.29, 1.82) is 0 Å². The normalized spacial score (nSPS) is 19.2. The predicted molar refractivity (Wildman–Crippen MR) is 129 cm³/mol. The quantitative estimate of drug-likeness (QED) is 0.499. The molecule has 2 aliphatic rings. The number of hydrogen-bond donors (Lipinski definition) is 1. The molecule has 1 aliphatic heterocycles. The zero-order valence-electron chi connectivity index (χ0n) is 19.3. The number of carbonyl (C=O) groups excluding carboxylic acids is 1. The minimum atomic E-state index is -4.51. The molecule has 0 radical (unpaired) electrons. The average molecular weight is 541 g/mol. The fourth-order valence-corrected chi connectivity index (χ4v) is 6.25. The van der Waals surface area contributed by atoms with Crippen LogP contribution < -0.4 is 4.72 Å². The highest BCUT2D eigenvalue weighted by Crippen LogP contribution is 2.37. The number of amides is 1. The Labute approximate surface area is 211 Å². The largest absolute Gasteiger partial charge is 0.417 e. The van der Waals surface area contributed by atoms with Crippen LogP contribution >= 0.6 is 11.6 Å². The van der Waals surface area contributed by atoms with E-state index in [1.807, 2.05) is 0 Å². The molecule has 36 heavy (non-hydrogen) atoms. The van der Waals surface area contributed by atoms with Gasteiger partial charge in [-0.25, -0.2) is 13.1 Å². The van der Waals surface area contributed by atoms with Crippen molar-refractivity contribution in [3.8, 4) is 0 Å². The van der Waals surface area contributed by atoms with Gasteiger partial charge in [0.15, 0.2) is 0 Å². The van der Waals surface area contributed by atoms with Crippen LogP contribution in [0.3, 0.4) is 0 Å². The van der Waals surface area contributed by atoms with Crippen molar-refractivity contribution >= 4 is 38.4 Å². The summed E-state index contributed by atoms with van der Waals surface area (Å²) in [7, 11) is -1.89. The number of halogens is 4. The topological polar surface area (TPSA) is 84.3 Å². The van der Waals surface area contributed by atoms with Crippen LogP contribution in [-0.2, 0) is 29.8 Å². The van der Waals surface area contributed by atoms with Crippen LogP contribution in [0.25, 0.3) is 10.9 Å². The van der Waals surface area contributed by atoms with Crippen LogP contribution in [0.1, 0.15) is 52.4 Å². The lowest BCUT2D eigenvalue weighted by atomic mass is 10.0. The van der Waals surface area contributed by atoms with Gasteiger partial charge in [0, 0.05) is 37.0 Å². The van der Waals surface area contributed by atoms with Gasteiger partial charge in [-0.3, -0.25) is 14.4 Å². The lowest BCUT2D eigenvalue weighted by Gasteiger charge is -2.17. The van der Waals surface area contributed by atoms with E-state index in [1.54, 1.807) is 36.0 Å². The zero-order valence-corrected chi connectivity index (χ0v) is 20.9. The lowest BCUT2D eigenvalue weighted by Crippen LogP contribution is -2.33. The first kappa shape index (κ1) is 25.0. The highest BCUT2D eigenvalue weighted by atomic mass is 35.5. The summed E-state index contributed by atoms with van der Waals surface area (Å²) in [4.78, 5) is 14.6. The standard InChI is InChI=1S/C24H24ClF3N4O3S/c1-31-21-11-15(23(33)30-36(34,35)17-4-5-17)3-6-18(21)22(29-31)16-8-9-32(13-16)12-14-2-7-20(25)19(10-14)24(26,27)28/h2-3,6-7,10-11,16-17H,4-5,8-9,12-13H2,1H3,(H,30,33). The number of hydrogen-bond acceptors (Lipinski definition) is 5. The van der Waals surface area contributed by atoms with E-state index in [-0.39, 0.29) is 16.5 Å². The van der Waals surface area contributed by atoms with Gasteiger partial charge >= 0.3 is 6.18 Å². The Balaban J connectivity index is 1.32. The van der Waals surface area contributed by atoms with Crippen molar-refractivity contribution in [3.05, 3.63) is 63.8 Å². The van der Waals surface area contributed by atoms with Crippen molar-refractivity contribution < 1.29 is 26.4 Å². The van der Waals surface area contributed by atoms with E-state index in [9.17, 15) is 26.4 Å². The Morgan fingerprint density at radius 2 is 1.92 bits per heavy atom. The Kier molecular flexibility index (Phi) is 6.29. The highest BCUT2D eigenvalue weighted by Gasteiger charge is 2.37. The number of nitrogens with zero attached hydrogens (tertiary/aromatic N) is 3. The molecule has 12 heteroatoms. The maximum absolute atomic E-state index is 13.2. The van der Waals surface area contributed by atoms with Crippen LogP contribution in [0.4, 0.5) is 13.2 Å². The fourth-order valence-electron chi connectivity index (χ4n) is 4.72. The predicted octanol–water partition coefficient (Wildman–Crippen LogP) is 4.46. The second-order valence-corrected chi connectivity index (χ2v) is 11.8. The van der Waals surface area contributed by atoms with Gasteiger partial charge in [0.25, 0.3) is 5.91 Å².